The fourth-order valence-electron chi connectivity index (χ4n) is 1.50. The maximum atomic E-state index is 6.16. The molecule has 1 heterocycles. The molecule has 0 saturated heterocycles. The summed E-state index contributed by atoms with van der Waals surface area (Å²) in [4.78, 5) is 9.31. The molecule has 102 valence electrons. The summed E-state index contributed by atoms with van der Waals surface area (Å²) in [6, 6.07) is 2.11. The summed E-state index contributed by atoms with van der Waals surface area (Å²) < 4.78 is 0. The fourth-order valence-corrected chi connectivity index (χ4v) is 1.50. The molecule has 0 fully saturated rings. The van der Waals surface area contributed by atoms with Crippen LogP contribution < -0.4 is 5.73 Å². The number of hydrogen-bond acceptors (Lipinski definition) is 3. The summed E-state index contributed by atoms with van der Waals surface area (Å²) in [7, 11) is 0. The van der Waals surface area contributed by atoms with Gasteiger partial charge in [0.25, 0.3) is 0 Å². The summed E-state index contributed by atoms with van der Waals surface area (Å²) in [6.07, 6.45) is 0. The summed E-state index contributed by atoms with van der Waals surface area (Å²) in [5.74, 6) is 0.722. The molecule has 0 amide bonds. The lowest BCUT2D eigenvalue weighted by molar-refractivity contribution is 0.472. The molecule has 0 bridgehead atoms. The van der Waals surface area contributed by atoms with Gasteiger partial charge in [-0.25, -0.2) is 9.97 Å². The van der Waals surface area contributed by atoms with E-state index < -0.39 is 5.54 Å². The second kappa shape index (κ2) is 4.30. The van der Waals surface area contributed by atoms with Gasteiger partial charge >= 0.3 is 0 Å². The van der Waals surface area contributed by atoms with Crippen molar-refractivity contribution in [3.05, 3.63) is 23.3 Å². The van der Waals surface area contributed by atoms with Gasteiger partial charge in [0.2, 0.25) is 0 Å². The van der Waals surface area contributed by atoms with Crippen molar-refractivity contribution in [3.63, 3.8) is 0 Å². The van der Waals surface area contributed by atoms with Crippen molar-refractivity contribution in [1.82, 2.24) is 9.97 Å². The molecule has 0 aliphatic heterocycles. The van der Waals surface area contributed by atoms with Crippen molar-refractivity contribution in [1.29, 1.82) is 0 Å². The van der Waals surface area contributed by atoms with E-state index in [0.717, 1.165) is 17.2 Å². The van der Waals surface area contributed by atoms with Gasteiger partial charge in [-0.15, -0.1) is 0 Å². The Labute approximate surface area is 111 Å². The monoisotopic (exact) mass is 249 g/mol. The van der Waals surface area contributed by atoms with E-state index in [1.54, 1.807) is 0 Å². The smallest absolute Gasteiger partial charge is 0.148 e. The van der Waals surface area contributed by atoms with Crippen LogP contribution in [0.25, 0.3) is 0 Å². The largest absolute Gasteiger partial charge is 0.319 e. The molecule has 1 aromatic rings. The Bertz CT molecular complexity index is 350. The van der Waals surface area contributed by atoms with Crippen LogP contribution in [-0.4, -0.2) is 9.97 Å². The van der Waals surface area contributed by atoms with Crippen LogP contribution in [0, 0.1) is 0 Å². The number of rotatable bonds is 1. The van der Waals surface area contributed by atoms with Crippen molar-refractivity contribution >= 4 is 0 Å². The first kappa shape index (κ1) is 15.1. The standard InChI is InChI=1S/C15H27N3/c1-13(2,3)10-9-11(14(4,5)6)18-12(17-10)15(7,8)16/h9H,16H2,1-8H3. The van der Waals surface area contributed by atoms with Crippen LogP contribution in [0.3, 0.4) is 0 Å². The van der Waals surface area contributed by atoms with Crippen molar-refractivity contribution in [2.45, 2.75) is 71.8 Å². The normalized spacial score (nSPS) is 13.8. The van der Waals surface area contributed by atoms with Crippen LogP contribution in [-0.2, 0) is 16.4 Å². The zero-order valence-electron chi connectivity index (χ0n) is 13.0. The van der Waals surface area contributed by atoms with E-state index in [2.05, 4.69) is 57.6 Å². The van der Waals surface area contributed by atoms with Gasteiger partial charge in [-0.3, -0.25) is 0 Å². The molecule has 0 aliphatic rings. The van der Waals surface area contributed by atoms with Gasteiger partial charge in [0.05, 0.1) is 5.54 Å². The quantitative estimate of drug-likeness (QED) is 0.831. The Kier molecular flexibility index (Phi) is 3.61. The minimum atomic E-state index is -0.513. The predicted molar refractivity (Wildman–Crippen MR) is 76.6 cm³/mol. The number of hydrogen-bond donors (Lipinski definition) is 1. The molecule has 0 unspecified atom stereocenters. The first-order valence-electron chi connectivity index (χ1n) is 6.51. The van der Waals surface area contributed by atoms with Gasteiger partial charge in [0.15, 0.2) is 0 Å². The number of nitrogens with zero attached hydrogens (tertiary/aromatic N) is 2. The molecule has 0 atom stereocenters. The second-order valence-electron chi connectivity index (χ2n) is 7.68. The zero-order valence-corrected chi connectivity index (χ0v) is 13.0. The lowest BCUT2D eigenvalue weighted by atomic mass is 9.86. The van der Waals surface area contributed by atoms with Crippen molar-refractivity contribution in [3.8, 4) is 0 Å². The molecule has 0 aromatic carbocycles. The van der Waals surface area contributed by atoms with Gasteiger partial charge in [-0.2, -0.15) is 0 Å². The zero-order chi connectivity index (χ0) is 14.4. The summed E-state index contributed by atoms with van der Waals surface area (Å²) in [5, 5.41) is 0. The Balaban J connectivity index is 3.49. The molecule has 0 spiro atoms. The molecular formula is C15H27N3. The average Bonchev–Trinajstić information content (AvgIpc) is 2.13. The van der Waals surface area contributed by atoms with Gasteiger partial charge in [0.1, 0.15) is 5.82 Å². The van der Waals surface area contributed by atoms with Crippen LogP contribution in [0.5, 0.6) is 0 Å². The summed E-state index contributed by atoms with van der Waals surface area (Å²) in [6.45, 7) is 16.9. The molecule has 3 nitrogen and oxygen atoms in total. The fraction of sp³-hybridized carbons (Fsp3) is 0.733. The predicted octanol–water partition coefficient (Wildman–Crippen LogP) is 3.27. The van der Waals surface area contributed by atoms with E-state index in [1.807, 2.05) is 13.8 Å². The van der Waals surface area contributed by atoms with Crippen LogP contribution in [0.4, 0.5) is 0 Å². The Hall–Kier alpha value is -0.960. The van der Waals surface area contributed by atoms with Crippen molar-refractivity contribution in [2.24, 2.45) is 5.73 Å². The van der Waals surface area contributed by atoms with E-state index in [0.29, 0.717) is 0 Å². The SMILES string of the molecule is CC(C)(C)c1cc(C(C)(C)C)nc(C(C)(C)N)n1. The highest BCUT2D eigenvalue weighted by atomic mass is 15.0. The number of aromatic nitrogens is 2. The minimum absolute atomic E-state index is 0.00292. The maximum Gasteiger partial charge on any atom is 0.148 e. The van der Waals surface area contributed by atoms with Crippen molar-refractivity contribution < 1.29 is 0 Å². The van der Waals surface area contributed by atoms with Crippen LogP contribution in [0.2, 0.25) is 0 Å². The van der Waals surface area contributed by atoms with Gasteiger partial charge in [0, 0.05) is 22.2 Å². The van der Waals surface area contributed by atoms with E-state index in [4.69, 9.17) is 5.73 Å². The first-order chi connectivity index (χ1) is 7.82. The minimum Gasteiger partial charge on any atom is -0.319 e. The molecule has 3 heteroatoms. The number of nitrogens with two attached hydrogens (primary N) is 1. The van der Waals surface area contributed by atoms with E-state index >= 15 is 0 Å². The van der Waals surface area contributed by atoms with Crippen LogP contribution in [0.15, 0.2) is 6.07 Å². The van der Waals surface area contributed by atoms with Crippen LogP contribution in [0.1, 0.15) is 72.6 Å². The third-order valence-corrected chi connectivity index (χ3v) is 2.84. The Morgan fingerprint density at radius 1 is 0.778 bits per heavy atom. The lowest BCUT2D eigenvalue weighted by Crippen LogP contribution is -2.34. The average molecular weight is 249 g/mol. The molecule has 18 heavy (non-hydrogen) atoms. The van der Waals surface area contributed by atoms with Gasteiger partial charge in [-0.1, -0.05) is 41.5 Å². The topological polar surface area (TPSA) is 51.8 Å². The molecule has 1 aromatic heterocycles. The van der Waals surface area contributed by atoms with E-state index in [-0.39, 0.29) is 10.8 Å². The summed E-state index contributed by atoms with van der Waals surface area (Å²) in [5.41, 5.74) is 7.75. The molecule has 2 N–H and O–H groups in total. The van der Waals surface area contributed by atoms with Gasteiger partial charge in [-0.05, 0) is 19.9 Å². The lowest BCUT2D eigenvalue weighted by Gasteiger charge is -2.27. The molecule has 1 rings (SSSR count). The molecule has 0 saturated carbocycles. The highest BCUT2D eigenvalue weighted by molar-refractivity contribution is 5.24. The first-order valence-corrected chi connectivity index (χ1v) is 6.51. The maximum absolute atomic E-state index is 6.16. The molecule has 0 radical (unpaired) electrons. The highest BCUT2D eigenvalue weighted by Crippen LogP contribution is 2.28. The Morgan fingerprint density at radius 3 is 1.33 bits per heavy atom. The van der Waals surface area contributed by atoms with E-state index in [1.165, 1.54) is 0 Å². The third-order valence-electron chi connectivity index (χ3n) is 2.84. The van der Waals surface area contributed by atoms with E-state index in [9.17, 15) is 0 Å². The second-order valence-corrected chi connectivity index (χ2v) is 7.68. The Morgan fingerprint density at radius 2 is 1.11 bits per heavy atom. The van der Waals surface area contributed by atoms with Gasteiger partial charge < -0.3 is 5.73 Å². The van der Waals surface area contributed by atoms with Crippen molar-refractivity contribution in [2.75, 3.05) is 0 Å². The molecule has 0 aliphatic carbocycles. The highest BCUT2D eigenvalue weighted by Gasteiger charge is 2.27. The summed E-state index contributed by atoms with van der Waals surface area (Å²) >= 11 is 0. The third kappa shape index (κ3) is 3.52. The van der Waals surface area contributed by atoms with Crippen LogP contribution >= 0.6 is 0 Å². The molecular weight excluding hydrogens is 222 g/mol.